The maximum atomic E-state index is 15.2. The highest BCUT2D eigenvalue weighted by molar-refractivity contribution is 6.30. The zero-order chi connectivity index (χ0) is 36.2. The minimum Gasteiger partial charge on any atom is -0.504 e. The zero-order valence-electron chi connectivity index (χ0n) is 27.6. The molecule has 0 radical (unpaired) electrons. The number of phenols is 1. The van der Waals surface area contributed by atoms with Gasteiger partial charge >= 0.3 is 5.97 Å². The van der Waals surface area contributed by atoms with E-state index in [0.717, 1.165) is 9.91 Å². The number of nitrogens with one attached hydrogen (secondary N) is 1. The highest BCUT2D eigenvalue weighted by atomic mass is 35.5. The van der Waals surface area contributed by atoms with Crippen LogP contribution in [-0.4, -0.2) is 62.9 Å². The van der Waals surface area contributed by atoms with Crippen molar-refractivity contribution in [2.24, 2.45) is 23.7 Å². The van der Waals surface area contributed by atoms with Crippen LogP contribution >= 0.6 is 11.6 Å². The van der Waals surface area contributed by atoms with Crippen LogP contribution in [0.5, 0.6) is 11.5 Å². The van der Waals surface area contributed by atoms with Gasteiger partial charge in [0, 0.05) is 23.9 Å². The molecule has 0 spiro atoms. The Morgan fingerprint density at radius 1 is 1.00 bits per heavy atom. The summed E-state index contributed by atoms with van der Waals surface area (Å²) >= 11 is 6.33. The Balaban J connectivity index is 1.41. The maximum Gasteiger partial charge on any atom is 0.303 e. The molecule has 0 bridgehead atoms. The molecule has 3 N–H and O–H groups in total. The summed E-state index contributed by atoms with van der Waals surface area (Å²) in [6.07, 6.45) is 2.05. The molecule has 264 valence electrons. The van der Waals surface area contributed by atoms with E-state index >= 15 is 4.79 Å². The van der Waals surface area contributed by atoms with Gasteiger partial charge in [-0.2, -0.15) is 5.01 Å². The Morgan fingerprint density at radius 3 is 2.41 bits per heavy atom. The van der Waals surface area contributed by atoms with Crippen LogP contribution in [0.1, 0.15) is 49.7 Å². The first-order chi connectivity index (χ1) is 24.5. The largest absolute Gasteiger partial charge is 0.504 e. The van der Waals surface area contributed by atoms with Crippen LogP contribution < -0.4 is 10.2 Å². The van der Waals surface area contributed by atoms with Crippen LogP contribution in [0.2, 0.25) is 5.02 Å². The fraction of sp³-hybridized carbons (Fsp3) is 0.342. The lowest BCUT2D eigenvalue weighted by atomic mass is 9.49. The number of nitrogens with zero attached hydrogens (tertiary/aromatic N) is 2. The SMILES string of the molecule is CCOc1cc(C2C3=CCC4C(=O)N(CCCC(=O)O)C(=O)C4C3CC3C(=O)N(Nc4ccc(F)cc4)C(=O)C32c2ccc(Cl)cc2)ccc1O. The van der Waals surface area contributed by atoms with Crippen LogP contribution in [0.15, 0.2) is 78.4 Å². The lowest BCUT2D eigenvalue weighted by Gasteiger charge is -2.50. The number of fused-ring (bicyclic) bond motifs is 4. The van der Waals surface area contributed by atoms with Crippen LogP contribution in [0.3, 0.4) is 0 Å². The first-order valence-corrected chi connectivity index (χ1v) is 17.2. The molecule has 3 fully saturated rings. The van der Waals surface area contributed by atoms with Gasteiger partial charge in [0.1, 0.15) is 5.82 Å². The topological polar surface area (TPSA) is 154 Å². The van der Waals surface area contributed by atoms with Crippen LogP contribution in [0.25, 0.3) is 0 Å². The van der Waals surface area contributed by atoms with Gasteiger partial charge in [0.05, 0.1) is 35.5 Å². The molecule has 3 aromatic carbocycles. The number of carboxylic acid groups (broad SMARTS) is 1. The number of anilines is 1. The van der Waals surface area contributed by atoms with Crippen molar-refractivity contribution in [1.29, 1.82) is 0 Å². The molecule has 51 heavy (non-hydrogen) atoms. The molecule has 4 amide bonds. The van der Waals surface area contributed by atoms with E-state index < -0.39 is 64.5 Å². The lowest BCUT2D eigenvalue weighted by Crippen LogP contribution is -2.53. The predicted molar refractivity (Wildman–Crippen MR) is 182 cm³/mol. The number of amides is 4. The summed E-state index contributed by atoms with van der Waals surface area (Å²) in [6.45, 7) is 1.97. The summed E-state index contributed by atoms with van der Waals surface area (Å²) in [5.41, 5.74) is 3.37. The number of rotatable bonds is 10. The van der Waals surface area contributed by atoms with E-state index in [1.54, 1.807) is 43.3 Å². The quantitative estimate of drug-likeness (QED) is 0.184. The van der Waals surface area contributed by atoms with E-state index in [1.165, 1.54) is 30.3 Å². The third-order valence-corrected chi connectivity index (χ3v) is 11.0. The van der Waals surface area contributed by atoms with Crippen LogP contribution in [0.4, 0.5) is 10.1 Å². The minimum atomic E-state index is -1.59. The Kier molecular flexibility index (Phi) is 8.82. The molecule has 1 saturated carbocycles. The van der Waals surface area contributed by atoms with Gasteiger partial charge in [0.2, 0.25) is 11.8 Å². The average Bonchev–Trinajstić information content (AvgIpc) is 3.47. The summed E-state index contributed by atoms with van der Waals surface area (Å²) in [7, 11) is 0. The molecule has 2 heterocycles. The third-order valence-electron chi connectivity index (χ3n) is 10.7. The van der Waals surface area contributed by atoms with Crippen molar-refractivity contribution in [2.75, 3.05) is 18.6 Å². The molecule has 2 aliphatic heterocycles. The summed E-state index contributed by atoms with van der Waals surface area (Å²) < 4.78 is 19.6. The number of hydrogen-bond donors (Lipinski definition) is 3. The number of hydrogen-bond acceptors (Lipinski definition) is 8. The van der Waals surface area contributed by atoms with Crippen molar-refractivity contribution in [3.05, 3.63) is 100 Å². The fourth-order valence-electron chi connectivity index (χ4n) is 8.69. The number of benzene rings is 3. The van der Waals surface area contributed by atoms with Gasteiger partial charge in [-0.3, -0.25) is 34.3 Å². The number of allylic oxidation sites excluding steroid dienone is 2. The number of carbonyl (C=O) groups is 5. The second kappa shape index (κ2) is 13.1. The Bertz CT molecular complexity index is 1970. The first-order valence-electron chi connectivity index (χ1n) is 16.9. The van der Waals surface area contributed by atoms with Gasteiger partial charge in [0.15, 0.2) is 11.5 Å². The number of aromatic hydroxyl groups is 1. The Hall–Kier alpha value is -5.23. The molecule has 2 aliphatic carbocycles. The molecule has 7 rings (SSSR count). The highest BCUT2D eigenvalue weighted by Crippen LogP contribution is 2.64. The van der Waals surface area contributed by atoms with Gasteiger partial charge in [-0.1, -0.05) is 41.4 Å². The van der Waals surface area contributed by atoms with Crippen molar-refractivity contribution in [2.45, 2.75) is 43.9 Å². The number of halogens is 2. The Labute approximate surface area is 297 Å². The number of carbonyl (C=O) groups excluding carboxylic acids is 4. The second-order valence-corrected chi connectivity index (χ2v) is 13.8. The number of phenolic OH excluding ortho intramolecular Hbond substituents is 1. The number of ether oxygens (including phenoxy) is 1. The normalized spacial score (nSPS) is 26.8. The number of imide groups is 2. The molecule has 2 saturated heterocycles. The minimum absolute atomic E-state index is 0.0386. The van der Waals surface area contributed by atoms with Gasteiger partial charge < -0.3 is 14.9 Å². The second-order valence-electron chi connectivity index (χ2n) is 13.4. The molecule has 4 aliphatic rings. The molecule has 0 aromatic heterocycles. The van der Waals surface area contributed by atoms with Gasteiger partial charge in [-0.05, 0) is 91.8 Å². The van der Waals surface area contributed by atoms with Crippen molar-refractivity contribution in [3.8, 4) is 11.5 Å². The fourth-order valence-corrected chi connectivity index (χ4v) is 8.81. The average molecular weight is 716 g/mol. The van der Waals surface area contributed by atoms with Gasteiger partial charge in [-0.25, -0.2) is 4.39 Å². The zero-order valence-corrected chi connectivity index (χ0v) is 28.3. The van der Waals surface area contributed by atoms with Crippen molar-refractivity contribution in [3.63, 3.8) is 0 Å². The molecule has 6 atom stereocenters. The van der Waals surface area contributed by atoms with E-state index in [4.69, 9.17) is 21.4 Å². The highest BCUT2D eigenvalue weighted by Gasteiger charge is 2.70. The summed E-state index contributed by atoms with van der Waals surface area (Å²) in [5, 5.41) is 21.2. The van der Waals surface area contributed by atoms with Gasteiger partial charge in [0.25, 0.3) is 11.8 Å². The van der Waals surface area contributed by atoms with E-state index in [2.05, 4.69) is 5.43 Å². The van der Waals surface area contributed by atoms with E-state index in [9.17, 15) is 28.7 Å². The lowest BCUT2D eigenvalue weighted by molar-refractivity contribution is -0.142. The number of likely N-dealkylation sites (tertiary alicyclic amines) is 1. The molecule has 13 heteroatoms. The smallest absolute Gasteiger partial charge is 0.303 e. The first kappa shape index (κ1) is 34.2. The Morgan fingerprint density at radius 2 is 1.73 bits per heavy atom. The molecular weight excluding hydrogens is 681 g/mol. The summed E-state index contributed by atoms with van der Waals surface area (Å²) in [4.78, 5) is 70.0. The molecule has 3 aromatic rings. The van der Waals surface area contributed by atoms with Gasteiger partial charge in [-0.15, -0.1) is 0 Å². The number of aliphatic carboxylic acids is 1. The van der Waals surface area contributed by atoms with Crippen LogP contribution in [0, 0.1) is 29.5 Å². The molecule has 6 unspecified atom stereocenters. The molecule has 11 nitrogen and oxygen atoms in total. The number of hydrazine groups is 1. The predicted octanol–water partition coefficient (Wildman–Crippen LogP) is 5.43. The van der Waals surface area contributed by atoms with Crippen molar-refractivity contribution in [1.82, 2.24) is 9.91 Å². The van der Waals surface area contributed by atoms with Crippen LogP contribution in [-0.2, 0) is 29.4 Å². The van der Waals surface area contributed by atoms with Crippen molar-refractivity contribution < 1.29 is 43.3 Å². The van der Waals surface area contributed by atoms with Crippen molar-refractivity contribution >= 4 is 46.9 Å². The molecular formula is C38H35ClFN3O8. The third kappa shape index (κ3) is 5.52. The standard InChI is InChI=1S/C38H35ClFN3O8/c1-2-51-30-18-20(5-16-29(30)44)33-25-14-15-26-32(36(49)42(34(26)47)17-3-4-31(45)46)27(25)19-28-35(48)43(41-24-12-10-23(40)11-13-24)37(50)38(28,33)21-6-8-22(39)9-7-21/h5-14,16,18,26-28,32-33,41,44H,2-4,15,17,19H2,1H3,(H,45,46). The van der Waals surface area contributed by atoms with E-state index in [0.29, 0.717) is 27.4 Å². The van der Waals surface area contributed by atoms with E-state index in [-0.39, 0.29) is 56.2 Å². The maximum absolute atomic E-state index is 15.2. The summed E-state index contributed by atoms with van der Waals surface area (Å²) in [5.74, 6) is -7.53. The summed E-state index contributed by atoms with van der Waals surface area (Å²) in [6, 6.07) is 16.7. The number of carboxylic acids is 1. The monoisotopic (exact) mass is 715 g/mol. The van der Waals surface area contributed by atoms with E-state index in [1.807, 2.05) is 6.08 Å².